The normalized spacial score (nSPS) is 19.2. The molecule has 2 aliphatic heterocycles. The molecule has 2 aliphatic rings. The second-order valence-corrected chi connectivity index (χ2v) is 6.92. The van der Waals surface area contributed by atoms with Crippen LogP contribution >= 0.6 is 0 Å². The minimum Gasteiger partial charge on any atom is -0.426 e. The highest BCUT2D eigenvalue weighted by atomic mass is 19.1. The van der Waals surface area contributed by atoms with Crippen molar-refractivity contribution in [3.05, 3.63) is 54.3 Å². The second kappa shape index (κ2) is 7.46. The van der Waals surface area contributed by atoms with Crippen LogP contribution in [0.15, 0.2) is 48.5 Å². The van der Waals surface area contributed by atoms with Gasteiger partial charge in [-0.25, -0.2) is 4.39 Å². The summed E-state index contributed by atoms with van der Waals surface area (Å²) in [5.41, 5.74) is 0.951. The first-order valence-corrected chi connectivity index (χ1v) is 9.16. The Morgan fingerprint density at radius 2 is 1.45 bits per heavy atom. The highest BCUT2D eigenvalue weighted by molar-refractivity contribution is 6.19. The Bertz CT molecular complexity index is 971. The number of esters is 1. The third-order valence-corrected chi connectivity index (χ3v) is 4.96. The lowest BCUT2D eigenvalue weighted by atomic mass is 10.1. The fourth-order valence-electron chi connectivity index (χ4n) is 3.46. The van der Waals surface area contributed by atoms with Crippen LogP contribution in [0.1, 0.15) is 19.3 Å². The Labute approximate surface area is 165 Å². The number of benzene rings is 2. The number of carbonyl (C=O) groups is 4. The van der Waals surface area contributed by atoms with Crippen molar-refractivity contribution < 1.29 is 28.3 Å². The number of ether oxygens (including phenoxy) is 1. The minimum absolute atomic E-state index is 0.00503. The van der Waals surface area contributed by atoms with E-state index in [1.807, 2.05) is 0 Å². The van der Waals surface area contributed by atoms with E-state index in [-0.39, 0.29) is 49.3 Å². The van der Waals surface area contributed by atoms with E-state index in [2.05, 4.69) is 0 Å². The molecule has 2 fully saturated rings. The predicted octanol–water partition coefficient (Wildman–Crippen LogP) is 2.44. The van der Waals surface area contributed by atoms with Crippen molar-refractivity contribution in [1.82, 2.24) is 0 Å². The van der Waals surface area contributed by atoms with E-state index in [0.717, 1.165) is 4.90 Å². The van der Waals surface area contributed by atoms with Gasteiger partial charge in [0, 0.05) is 31.5 Å². The van der Waals surface area contributed by atoms with E-state index in [1.165, 1.54) is 53.4 Å². The van der Waals surface area contributed by atoms with Gasteiger partial charge in [-0.05, 0) is 48.5 Å². The fraction of sp³-hybridized carbons (Fsp3) is 0.238. The van der Waals surface area contributed by atoms with Crippen LogP contribution in [0.5, 0.6) is 5.75 Å². The molecule has 0 aliphatic carbocycles. The standard InChI is InChI=1S/C21H17FN2O5/c22-14-1-3-15(4-2-14)23-12-13(11-20(23)27)21(28)29-17-7-5-16(6-8-17)24-18(25)9-10-19(24)26/h1-8,13H,9-12H2/t13-/m1/s1. The lowest BCUT2D eigenvalue weighted by Gasteiger charge is -2.16. The first-order valence-electron chi connectivity index (χ1n) is 9.16. The van der Waals surface area contributed by atoms with Gasteiger partial charge in [0.05, 0.1) is 11.6 Å². The minimum atomic E-state index is -0.644. The van der Waals surface area contributed by atoms with Gasteiger partial charge in [-0.1, -0.05) is 0 Å². The van der Waals surface area contributed by atoms with Gasteiger partial charge in [-0.2, -0.15) is 0 Å². The second-order valence-electron chi connectivity index (χ2n) is 6.92. The number of imide groups is 1. The molecule has 3 amide bonds. The van der Waals surface area contributed by atoms with Crippen LogP contribution in [0.25, 0.3) is 0 Å². The number of nitrogens with zero attached hydrogens (tertiary/aromatic N) is 2. The Morgan fingerprint density at radius 3 is 2.07 bits per heavy atom. The quantitative estimate of drug-likeness (QED) is 0.450. The summed E-state index contributed by atoms with van der Waals surface area (Å²) in [4.78, 5) is 50.8. The van der Waals surface area contributed by atoms with E-state index in [1.54, 1.807) is 0 Å². The maximum absolute atomic E-state index is 13.1. The van der Waals surface area contributed by atoms with Gasteiger partial charge in [0.2, 0.25) is 17.7 Å². The van der Waals surface area contributed by atoms with Crippen molar-refractivity contribution in [3.63, 3.8) is 0 Å². The molecule has 1 atom stereocenters. The number of rotatable bonds is 4. The van der Waals surface area contributed by atoms with Crippen LogP contribution in [-0.4, -0.2) is 30.2 Å². The molecule has 2 aromatic rings. The first kappa shape index (κ1) is 18.8. The molecule has 0 unspecified atom stereocenters. The molecule has 0 bridgehead atoms. The summed E-state index contributed by atoms with van der Waals surface area (Å²) in [7, 11) is 0. The third-order valence-electron chi connectivity index (χ3n) is 4.96. The Balaban J connectivity index is 1.40. The summed E-state index contributed by atoms with van der Waals surface area (Å²) in [6.07, 6.45) is 0.386. The molecule has 4 rings (SSSR count). The molecule has 2 aromatic carbocycles. The van der Waals surface area contributed by atoms with E-state index in [9.17, 15) is 23.6 Å². The summed E-state index contributed by atoms with van der Waals surface area (Å²) in [6, 6.07) is 11.6. The smallest absolute Gasteiger partial charge is 0.316 e. The monoisotopic (exact) mass is 396 g/mol. The molecule has 29 heavy (non-hydrogen) atoms. The van der Waals surface area contributed by atoms with E-state index in [4.69, 9.17) is 4.74 Å². The lowest BCUT2D eigenvalue weighted by molar-refractivity contribution is -0.139. The summed E-state index contributed by atoms with van der Waals surface area (Å²) in [5, 5.41) is 0. The van der Waals surface area contributed by atoms with Gasteiger partial charge in [0.1, 0.15) is 11.6 Å². The predicted molar refractivity (Wildman–Crippen MR) is 101 cm³/mol. The SMILES string of the molecule is O=C(Oc1ccc(N2C(=O)CCC2=O)cc1)[C@@H]1CC(=O)N(c2ccc(F)cc2)C1. The summed E-state index contributed by atoms with van der Waals surface area (Å²) < 4.78 is 18.4. The van der Waals surface area contributed by atoms with Gasteiger partial charge < -0.3 is 9.64 Å². The van der Waals surface area contributed by atoms with Gasteiger partial charge in [-0.3, -0.25) is 24.1 Å². The maximum atomic E-state index is 13.1. The molecule has 7 nitrogen and oxygen atoms in total. The van der Waals surface area contributed by atoms with Gasteiger partial charge in [-0.15, -0.1) is 0 Å². The zero-order valence-corrected chi connectivity index (χ0v) is 15.3. The van der Waals surface area contributed by atoms with Crippen molar-refractivity contribution in [2.24, 2.45) is 5.92 Å². The average Bonchev–Trinajstić information content (AvgIpc) is 3.25. The number of anilines is 2. The Hall–Kier alpha value is -3.55. The Morgan fingerprint density at radius 1 is 0.862 bits per heavy atom. The number of carbonyl (C=O) groups excluding carboxylic acids is 4. The highest BCUT2D eigenvalue weighted by Crippen LogP contribution is 2.28. The van der Waals surface area contributed by atoms with E-state index in [0.29, 0.717) is 11.4 Å². The molecular formula is C21H17FN2O5. The number of hydrogen-bond donors (Lipinski definition) is 0. The van der Waals surface area contributed by atoms with Crippen molar-refractivity contribution in [3.8, 4) is 5.75 Å². The van der Waals surface area contributed by atoms with Crippen molar-refractivity contribution in [1.29, 1.82) is 0 Å². The maximum Gasteiger partial charge on any atom is 0.316 e. The fourth-order valence-corrected chi connectivity index (χ4v) is 3.46. The van der Waals surface area contributed by atoms with Gasteiger partial charge >= 0.3 is 5.97 Å². The molecule has 0 saturated carbocycles. The zero-order chi connectivity index (χ0) is 20.5. The Kier molecular flexibility index (Phi) is 4.84. The number of hydrogen-bond acceptors (Lipinski definition) is 5. The number of halogens is 1. The van der Waals surface area contributed by atoms with Crippen LogP contribution in [0.4, 0.5) is 15.8 Å². The molecule has 2 saturated heterocycles. The van der Waals surface area contributed by atoms with Gasteiger partial charge in [0.25, 0.3) is 0 Å². The largest absolute Gasteiger partial charge is 0.426 e. The van der Waals surface area contributed by atoms with Crippen molar-refractivity contribution >= 4 is 35.1 Å². The summed E-state index contributed by atoms with van der Waals surface area (Å²) >= 11 is 0. The van der Waals surface area contributed by atoms with E-state index < -0.39 is 17.7 Å². The summed E-state index contributed by atoms with van der Waals surface area (Å²) in [5.74, 6) is -2.10. The van der Waals surface area contributed by atoms with Crippen LogP contribution in [0, 0.1) is 11.7 Å². The third kappa shape index (κ3) is 3.73. The highest BCUT2D eigenvalue weighted by Gasteiger charge is 2.36. The molecule has 0 spiro atoms. The summed E-state index contributed by atoms with van der Waals surface area (Å²) in [6.45, 7) is 0.151. The molecular weight excluding hydrogens is 379 g/mol. The molecule has 0 radical (unpaired) electrons. The van der Waals surface area contributed by atoms with Crippen molar-refractivity contribution in [2.45, 2.75) is 19.3 Å². The average molecular weight is 396 g/mol. The van der Waals surface area contributed by atoms with E-state index >= 15 is 0 Å². The molecule has 2 heterocycles. The van der Waals surface area contributed by atoms with Crippen LogP contribution in [-0.2, 0) is 19.2 Å². The lowest BCUT2D eigenvalue weighted by Crippen LogP contribution is -2.28. The topological polar surface area (TPSA) is 84.0 Å². The van der Waals surface area contributed by atoms with Gasteiger partial charge in [0.15, 0.2) is 0 Å². The molecule has 0 aromatic heterocycles. The molecule has 8 heteroatoms. The number of amides is 3. The zero-order valence-electron chi connectivity index (χ0n) is 15.3. The first-order chi connectivity index (χ1) is 13.9. The van der Waals surface area contributed by atoms with Crippen LogP contribution in [0.2, 0.25) is 0 Å². The van der Waals surface area contributed by atoms with Crippen LogP contribution < -0.4 is 14.5 Å². The molecule has 0 N–H and O–H groups in total. The van der Waals surface area contributed by atoms with Crippen LogP contribution in [0.3, 0.4) is 0 Å². The molecule has 148 valence electrons. The van der Waals surface area contributed by atoms with Crippen molar-refractivity contribution in [2.75, 3.05) is 16.3 Å².